The number of piperazine rings is 1. The molecule has 2 aliphatic heterocycles. The number of anilines is 2. The minimum absolute atomic E-state index is 0.159. The largest absolute Gasteiger partial charge is 0.496 e. The maximum atomic E-state index is 15.7. The number of likely N-dealkylation sites (tertiary alicyclic amines) is 1. The van der Waals surface area contributed by atoms with E-state index in [2.05, 4.69) is 4.98 Å². The van der Waals surface area contributed by atoms with Crippen molar-refractivity contribution in [1.82, 2.24) is 19.4 Å². The van der Waals surface area contributed by atoms with Gasteiger partial charge in [-0.1, -0.05) is 11.6 Å². The molecule has 0 radical (unpaired) electrons. The zero-order valence-electron chi connectivity index (χ0n) is 24.6. The number of aromatic nitrogens is 2. The van der Waals surface area contributed by atoms with Gasteiger partial charge in [0.05, 0.1) is 30.8 Å². The molecule has 0 bridgehead atoms. The number of nitrogen functional groups attached to an aromatic ring is 1. The monoisotopic (exact) mass is 626 g/mol. The summed E-state index contributed by atoms with van der Waals surface area (Å²) in [5.41, 5.74) is 8.45. The van der Waals surface area contributed by atoms with Crippen LogP contribution >= 0.6 is 11.6 Å². The number of hydrogen-bond acceptors (Lipinski definition) is 7. The van der Waals surface area contributed by atoms with Crippen LogP contribution in [0.2, 0.25) is 5.02 Å². The van der Waals surface area contributed by atoms with Gasteiger partial charge in [0.1, 0.15) is 11.6 Å². The van der Waals surface area contributed by atoms with Gasteiger partial charge in [-0.3, -0.25) is 19.6 Å². The Morgan fingerprint density at radius 2 is 1.86 bits per heavy atom. The molecular weight excluding hydrogens is 593 g/mol. The van der Waals surface area contributed by atoms with Crippen LogP contribution in [0.15, 0.2) is 59.8 Å². The van der Waals surface area contributed by atoms with E-state index in [-0.39, 0.29) is 12.1 Å². The highest BCUT2D eigenvalue weighted by Gasteiger charge is 2.48. The van der Waals surface area contributed by atoms with Gasteiger partial charge in [-0.2, -0.15) is 0 Å². The summed E-state index contributed by atoms with van der Waals surface area (Å²) in [6.45, 7) is 2.00. The quantitative estimate of drug-likeness (QED) is 0.301. The van der Waals surface area contributed by atoms with Gasteiger partial charge < -0.3 is 19.9 Å². The van der Waals surface area contributed by atoms with Crippen LogP contribution in [-0.2, 0) is 13.6 Å². The van der Waals surface area contributed by atoms with Crippen LogP contribution in [0.1, 0.15) is 12.0 Å². The van der Waals surface area contributed by atoms with E-state index in [9.17, 15) is 9.18 Å². The lowest BCUT2D eigenvalue weighted by atomic mass is 9.96. The highest BCUT2D eigenvalue weighted by Crippen LogP contribution is 2.39. The van der Waals surface area contributed by atoms with Crippen LogP contribution in [0.3, 0.4) is 0 Å². The Bertz CT molecular complexity index is 1760. The predicted octanol–water partition coefficient (Wildman–Crippen LogP) is 5.02. The van der Waals surface area contributed by atoms with Gasteiger partial charge >= 0.3 is 0 Å². The normalized spacial score (nSPS) is 19.4. The molecule has 0 spiro atoms. The first-order chi connectivity index (χ1) is 21.1. The lowest BCUT2D eigenvalue weighted by Crippen LogP contribution is -2.61. The number of aryl methyl sites for hydroxylation is 1. The van der Waals surface area contributed by atoms with Gasteiger partial charge in [-0.05, 0) is 53.8 Å². The van der Waals surface area contributed by atoms with Crippen LogP contribution in [-0.4, -0.2) is 77.7 Å². The third-order valence-corrected chi connectivity index (χ3v) is 9.10. The van der Waals surface area contributed by atoms with Gasteiger partial charge in [0.15, 0.2) is 0 Å². The zero-order valence-corrected chi connectivity index (χ0v) is 25.3. The molecule has 4 aromatic rings. The number of ether oxygens (including phenoxy) is 1. The van der Waals surface area contributed by atoms with E-state index in [1.54, 1.807) is 48.6 Å². The molecule has 2 aliphatic rings. The molecular formula is C32H34ClF3N6O2. The molecule has 2 aromatic heterocycles. The van der Waals surface area contributed by atoms with E-state index < -0.39 is 24.3 Å². The molecule has 1 atom stereocenters. The van der Waals surface area contributed by atoms with Crippen molar-refractivity contribution in [3.05, 3.63) is 81.7 Å². The van der Waals surface area contributed by atoms with E-state index in [0.29, 0.717) is 72.2 Å². The van der Waals surface area contributed by atoms with Crippen LogP contribution in [0.4, 0.5) is 24.5 Å². The number of nitrogens with zero attached hydrogens (tertiary/aromatic N) is 5. The van der Waals surface area contributed by atoms with Gasteiger partial charge in [0, 0.05) is 86.7 Å². The minimum Gasteiger partial charge on any atom is -0.496 e. The first-order valence-electron chi connectivity index (χ1n) is 14.5. The van der Waals surface area contributed by atoms with E-state index >= 15 is 8.78 Å². The van der Waals surface area contributed by atoms with Crippen molar-refractivity contribution < 1.29 is 17.9 Å². The number of piperidine rings is 1. The molecule has 2 aromatic carbocycles. The number of halogens is 4. The van der Waals surface area contributed by atoms with Crippen molar-refractivity contribution >= 4 is 33.7 Å². The smallest absolute Gasteiger partial charge is 0.275 e. The molecule has 6 rings (SSSR count). The van der Waals surface area contributed by atoms with Crippen molar-refractivity contribution in [2.45, 2.75) is 24.9 Å². The second-order valence-electron chi connectivity index (χ2n) is 11.5. The Balaban J connectivity index is 1.16. The zero-order chi connectivity index (χ0) is 31.2. The lowest BCUT2D eigenvalue weighted by molar-refractivity contribution is -0.129. The van der Waals surface area contributed by atoms with Gasteiger partial charge in [0.25, 0.3) is 11.5 Å². The average Bonchev–Trinajstić information content (AvgIpc) is 3.00. The molecule has 0 amide bonds. The third-order valence-electron chi connectivity index (χ3n) is 8.76. The molecule has 232 valence electrons. The molecule has 8 nitrogen and oxygen atoms in total. The molecule has 2 saturated heterocycles. The predicted molar refractivity (Wildman–Crippen MR) is 167 cm³/mol. The number of rotatable bonds is 6. The molecule has 4 heterocycles. The number of alkyl halides is 2. The van der Waals surface area contributed by atoms with Crippen LogP contribution in [0, 0.1) is 5.82 Å². The van der Waals surface area contributed by atoms with Crippen LogP contribution in [0.25, 0.3) is 21.9 Å². The molecule has 1 unspecified atom stereocenters. The number of benzene rings is 2. The first-order valence-corrected chi connectivity index (χ1v) is 14.9. The fourth-order valence-corrected chi connectivity index (χ4v) is 6.78. The van der Waals surface area contributed by atoms with Crippen molar-refractivity contribution in [1.29, 1.82) is 0 Å². The molecule has 0 aliphatic carbocycles. The van der Waals surface area contributed by atoms with Gasteiger partial charge in [-0.25, -0.2) is 13.2 Å². The maximum Gasteiger partial charge on any atom is 0.275 e. The van der Waals surface area contributed by atoms with E-state index in [1.165, 1.54) is 23.9 Å². The first kappa shape index (κ1) is 30.2. The third kappa shape index (κ3) is 5.71. The Morgan fingerprint density at radius 1 is 1.09 bits per heavy atom. The van der Waals surface area contributed by atoms with Crippen molar-refractivity contribution in [3.63, 3.8) is 0 Å². The molecule has 44 heavy (non-hydrogen) atoms. The Labute approximate surface area is 258 Å². The van der Waals surface area contributed by atoms with Crippen molar-refractivity contribution in [2.75, 3.05) is 57.0 Å². The number of pyridine rings is 2. The second kappa shape index (κ2) is 11.9. The fraction of sp³-hybridized carbons (Fsp3) is 0.375. The average molecular weight is 627 g/mol. The van der Waals surface area contributed by atoms with Crippen LogP contribution < -0.4 is 20.9 Å². The Hall–Kier alpha value is -3.80. The Kier molecular flexibility index (Phi) is 8.21. The molecule has 2 N–H and O–H groups in total. The van der Waals surface area contributed by atoms with Crippen molar-refractivity contribution in [2.24, 2.45) is 7.05 Å². The molecule has 2 fully saturated rings. The molecule has 0 saturated carbocycles. The maximum absolute atomic E-state index is 15.7. The summed E-state index contributed by atoms with van der Waals surface area (Å²) in [7, 11) is 3.20. The lowest BCUT2D eigenvalue weighted by Gasteiger charge is -2.46. The minimum atomic E-state index is -2.95. The number of fused-ring (bicyclic) bond motifs is 1. The summed E-state index contributed by atoms with van der Waals surface area (Å²) >= 11 is 6.79. The Morgan fingerprint density at radius 3 is 2.57 bits per heavy atom. The number of methoxy groups -OCH3 is 1. The highest BCUT2D eigenvalue weighted by molar-refractivity contribution is 6.32. The van der Waals surface area contributed by atoms with Crippen LogP contribution in [0.5, 0.6) is 5.75 Å². The molecule has 12 heteroatoms. The summed E-state index contributed by atoms with van der Waals surface area (Å²) < 4.78 is 52.9. The van der Waals surface area contributed by atoms with E-state index in [4.69, 9.17) is 22.1 Å². The van der Waals surface area contributed by atoms with E-state index in [0.717, 1.165) is 16.5 Å². The van der Waals surface area contributed by atoms with E-state index in [1.807, 2.05) is 15.9 Å². The van der Waals surface area contributed by atoms with Gasteiger partial charge in [0.2, 0.25) is 0 Å². The van der Waals surface area contributed by atoms with Gasteiger partial charge in [-0.15, -0.1) is 0 Å². The fourth-order valence-electron chi connectivity index (χ4n) is 6.50. The summed E-state index contributed by atoms with van der Waals surface area (Å²) in [5.74, 6) is -2.87. The number of hydrogen-bond donors (Lipinski definition) is 1. The summed E-state index contributed by atoms with van der Waals surface area (Å²) in [4.78, 5) is 22.2. The summed E-state index contributed by atoms with van der Waals surface area (Å²) in [5, 5.41) is 1.61. The summed E-state index contributed by atoms with van der Waals surface area (Å²) in [6, 6.07) is 9.07. The standard InChI is InChI=1S/C32H34ClF3N6O2/c1-39-17-24(22-5-7-38-16-23(22)31(39)43)20-13-26(33)25(29(14-20)44-2)18-40-8-6-30(32(35,36)19-40)42-11-9-41(10-12-42)28-4-3-21(37)15-27(28)34/h3-5,7,13-17,30H,6,8-12,18-19,37H2,1-2H3. The SMILES string of the molecule is COc1cc(-c2cn(C)c(=O)c3cnccc23)cc(Cl)c1CN1CCC(N2CCN(c3ccc(N)cc3F)CC2)C(F)(F)C1. The highest BCUT2D eigenvalue weighted by atomic mass is 35.5. The second-order valence-corrected chi connectivity index (χ2v) is 11.9. The summed E-state index contributed by atoms with van der Waals surface area (Å²) in [6.07, 6.45) is 5.20. The topological polar surface area (TPSA) is 79.9 Å². The van der Waals surface area contributed by atoms with Crippen molar-refractivity contribution in [3.8, 4) is 16.9 Å². The number of nitrogens with two attached hydrogens (primary N) is 1.